The highest BCUT2D eigenvalue weighted by molar-refractivity contribution is 5.91. The maximum Gasteiger partial charge on any atom is 0.321 e. The van der Waals surface area contributed by atoms with Crippen molar-refractivity contribution in [1.82, 2.24) is 10.2 Å². The number of rotatable bonds is 5. The first-order valence-electron chi connectivity index (χ1n) is 9.98. The Hall–Kier alpha value is -2.82. The molecule has 2 aromatic rings. The molecule has 5 heteroatoms. The average Bonchev–Trinajstić information content (AvgIpc) is 2.73. The summed E-state index contributed by atoms with van der Waals surface area (Å²) in [5.41, 5.74) is 2.45. The largest absolute Gasteiger partial charge is 0.351 e. The van der Waals surface area contributed by atoms with E-state index in [0.717, 1.165) is 36.1 Å². The number of nitrogens with one attached hydrogen (secondary N) is 2. The van der Waals surface area contributed by atoms with E-state index in [0.29, 0.717) is 19.6 Å². The minimum absolute atomic E-state index is 0.00260. The van der Waals surface area contributed by atoms with Crippen molar-refractivity contribution in [2.24, 2.45) is 5.41 Å². The number of aryl methyl sites for hydroxylation is 1. The van der Waals surface area contributed by atoms with Gasteiger partial charge in [-0.05, 0) is 43.4 Å². The first kappa shape index (κ1) is 19.9. The highest BCUT2D eigenvalue weighted by atomic mass is 16.2. The Balaban J connectivity index is 1.61. The average molecular weight is 380 g/mol. The van der Waals surface area contributed by atoms with Crippen LogP contribution in [0.5, 0.6) is 0 Å². The van der Waals surface area contributed by atoms with Crippen LogP contribution in [0.4, 0.5) is 10.5 Å². The molecule has 2 N–H and O–H groups in total. The molecule has 0 aliphatic carbocycles. The van der Waals surface area contributed by atoms with E-state index in [1.165, 1.54) is 0 Å². The molecule has 1 fully saturated rings. The summed E-state index contributed by atoms with van der Waals surface area (Å²) in [5, 5.41) is 6.06. The summed E-state index contributed by atoms with van der Waals surface area (Å²) >= 11 is 0. The molecule has 2 aromatic carbocycles. The number of amides is 3. The number of piperidine rings is 1. The number of benzene rings is 2. The monoisotopic (exact) mass is 379 g/mol. The van der Waals surface area contributed by atoms with Gasteiger partial charge in [-0.15, -0.1) is 0 Å². The zero-order chi connectivity index (χ0) is 20.0. The standard InChI is InChI=1S/C23H29N3O2/c1-3-19-12-7-8-13-20(19)25-22(28)26-15-9-14-23(2,17-26)21(27)24-16-18-10-5-4-6-11-18/h4-8,10-13H,3,9,14-17H2,1-2H3,(H,24,27)(H,25,28)/t23-/m1/s1. The van der Waals surface area contributed by atoms with Crippen molar-refractivity contribution in [3.63, 3.8) is 0 Å². The van der Waals surface area contributed by atoms with Gasteiger partial charge in [-0.2, -0.15) is 0 Å². The van der Waals surface area contributed by atoms with Crippen LogP contribution < -0.4 is 10.6 Å². The van der Waals surface area contributed by atoms with Gasteiger partial charge in [0.1, 0.15) is 0 Å². The summed E-state index contributed by atoms with van der Waals surface area (Å²) in [6.07, 6.45) is 2.46. The zero-order valence-corrected chi connectivity index (χ0v) is 16.7. The van der Waals surface area contributed by atoms with Crippen LogP contribution in [0.3, 0.4) is 0 Å². The molecule has 28 heavy (non-hydrogen) atoms. The number of anilines is 1. The number of urea groups is 1. The molecule has 1 aliphatic heterocycles. The van der Waals surface area contributed by atoms with Gasteiger partial charge >= 0.3 is 6.03 Å². The maximum atomic E-state index is 12.9. The smallest absolute Gasteiger partial charge is 0.321 e. The summed E-state index contributed by atoms with van der Waals surface area (Å²) in [6.45, 7) is 5.62. The first-order valence-corrected chi connectivity index (χ1v) is 9.98. The second-order valence-electron chi connectivity index (χ2n) is 7.69. The van der Waals surface area contributed by atoms with Gasteiger partial charge in [-0.1, -0.05) is 55.5 Å². The molecule has 0 unspecified atom stereocenters. The molecule has 0 bridgehead atoms. The topological polar surface area (TPSA) is 61.4 Å². The number of carbonyl (C=O) groups excluding carboxylic acids is 2. The Bertz CT molecular complexity index is 822. The Morgan fingerprint density at radius 3 is 2.54 bits per heavy atom. The highest BCUT2D eigenvalue weighted by Crippen LogP contribution is 2.30. The van der Waals surface area contributed by atoms with E-state index in [2.05, 4.69) is 17.6 Å². The molecular weight excluding hydrogens is 350 g/mol. The van der Waals surface area contributed by atoms with Crippen LogP contribution in [0.1, 0.15) is 37.8 Å². The van der Waals surface area contributed by atoms with Crippen molar-refractivity contribution in [1.29, 1.82) is 0 Å². The van der Waals surface area contributed by atoms with Crippen LogP contribution in [0.2, 0.25) is 0 Å². The van der Waals surface area contributed by atoms with E-state index < -0.39 is 5.41 Å². The Morgan fingerprint density at radius 1 is 1.07 bits per heavy atom. The molecule has 1 atom stereocenters. The molecule has 0 radical (unpaired) electrons. The molecule has 0 spiro atoms. The first-order chi connectivity index (χ1) is 13.5. The quantitative estimate of drug-likeness (QED) is 0.818. The van der Waals surface area contributed by atoms with Gasteiger partial charge in [0.2, 0.25) is 5.91 Å². The minimum atomic E-state index is -0.575. The molecule has 0 aromatic heterocycles. The van der Waals surface area contributed by atoms with Crippen LogP contribution in [0.15, 0.2) is 54.6 Å². The van der Waals surface area contributed by atoms with E-state index in [1.807, 2.05) is 61.5 Å². The molecule has 0 saturated carbocycles. The second kappa shape index (κ2) is 8.91. The van der Waals surface area contributed by atoms with E-state index in [-0.39, 0.29) is 11.9 Å². The fraction of sp³-hybridized carbons (Fsp3) is 0.391. The summed E-state index contributed by atoms with van der Waals surface area (Å²) in [7, 11) is 0. The number of para-hydroxylation sites is 1. The van der Waals surface area contributed by atoms with E-state index >= 15 is 0 Å². The van der Waals surface area contributed by atoms with E-state index in [4.69, 9.17) is 0 Å². The predicted molar refractivity (Wildman–Crippen MR) is 112 cm³/mol. The molecule has 1 heterocycles. The molecule has 3 amide bonds. The van der Waals surface area contributed by atoms with Crippen molar-refractivity contribution in [3.05, 3.63) is 65.7 Å². The fourth-order valence-electron chi connectivity index (χ4n) is 3.73. The molecule has 1 saturated heterocycles. The zero-order valence-electron chi connectivity index (χ0n) is 16.7. The third kappa shape index (κ3) is 4.71. The van der Waals surface area contributed by atoms with E-state index in [1.54, 1.807) is 4.90 Å². The maximum absolute atomic E-state index is 12.9. The number of carbonyl (C=O) groups is 2. The van der Waals surface area contributed by atoms with Crippen LogP contribution in [-0.4, -0.2) is 29.9 Å². The van der Waals surface area contributed by atoms with Gasteiger partial charge in [-0.3, -0.25) is 4.79 Å². The number of hydrogen-bond donors (Lipinski definition) is 2. The van der Waals surface area contributed by atoms with Gasteiger partial charge in [-0.25, -0.2) is 4.79 Å². The summed E-state index contributed by atoms with van der Waals surface area (Å²) in [6, 6.07) is 17.6. The molecule has 1 aliphatic rings. The minimum Gasteiger partial charge on any atom is -0.351 e. The molecule has 5 nitrogen and oxygen atoms in total. The van der Waals surface area contributed by atoms with Crippen LogP contribution >= 0.6 is 0 Å². The Morgan fingerprint density at radius 2 is 1.79 bits per heavy atom. The Kier molecular flexibility index (Phi) is 6.34. The van der Waals surface area contributed by atoms with Crippen molar-refractivity contribution in [2.75, 3.05) is 18.4 Å². The third-order valence-corrected chi connectivity index (χ3v) is 5.47. The van der Waals surface area contributed by atoms with Crippen molar-refractivity contribution in [3.8, 4) is 0 Å². The number of likely N-dealkylation sites (tertiary alicyclic amines) is 1. The highest BCUT2D eigenvalue weighted by Gasteiger charge is 2.39. The predicted octanol–water partition coefficient (Wildman–Crippen LogP) is 4.20. The van der Waals surface area contributed by atoms with Crippen LogP contribution in [0, 0.1) is 5.41 Å². The second-order valence-corrected chi connectivity index (χ2v) is 7.69. The lowest BCUT2D eigenvalue weighted by atomic mass is 9.81. The van der Waals surface area contributed by atoms with E-state index in [9.17, 15) is 9.59 Å². The number of nitrogens with zero attached hydrogens (tertiary/aromatic N) is 1. The van der Waals surface area contributed by atoms with Gasteiger partial charge in [0.05, 0.1) is 5.41 Å². The lowest BCUT2D eigenvalue weighted by Gasteiger charge is -2.39. The van der Waals surface area contributed by atoms with Gasteiger partial charge in [0.25, 0.3) is 0 Å². The lowest BCUT2D eigenvalue weighted by Crippen LogP contribution is -2.52. The lowest BCUT2D eigenvalue weighted by molar-refractivity contribution is -0.132. The SMILES string of the molecule is CCc1ccccc1NC(=O)N1CCC[C@@](C)(C(=O)NCc2ccccc2)C1. The molecule has 148 valence electrons. The van der Waals surface area contributed by atoms with Crippen molar-refractivity contribution < 1.29 is 9.59 Å². The molecular formula is C23H29N3O2. The van der Waals surface area contributed by atoms with Gasteiger partial charge in [0, 0.05) is 25.3 Å². The van der Waals surface area contributed by atoms with Crippen LogP contribution in [0.25, 0.3) is 0 Å². The normalized spacial score (nSPS) is 19.1. The summed E-state index contributed by atoms with van der Waals surface area (Å²) in [4.78, 5) is 27.4. The Labute approximate surface area is 167 Å². The summed E-state index contributed by atoms with van der Waals surface area (Å²) in [5.74, 6) is 0.00260. The van der Waals surface area contributed by atoms with Gasteiger partial charge in [0.15, 0.2) is 0 Å². The van der Waals surface area contributed by atoms with Crippen molar-refractivity contribution >= 4 is 17.6 Å². The third-order valence-electron chi connectivity index (χ3n) is 5.47. The van der Waals surface area contributed by atoms with Crippen molar-refractivity contribution in [2.45, 2.75) is 39.7 Å². The van der Waals surface area contributed by atoms with Crippen LogP contribution in [-0.2, 0) is 17.8 Å². The number of hydrogen-bond acceptors (Lipinski definition) is 2. The molecule has 3 rings (SSSR count). The van der Waals surface area contributed by atoms with Gasteiger partial charge < -0.3 is 15.5 Å². The summed E-state index contributed by atoms with van der Waals surface area (Å²) < 4.78 is 0. The fourth-order valence-corrected chi connectivity index (χ4v) is 3.73.